The van der Waals surface area contributed by atoms with Gasteiger partial charge in [-0.2, -0.15) is 0 Å². The van der Waals surface area contributed by atoms with Gasteiger partial charge in [0, 0.05) is 55.2 Å². The van der Waals surface area contributed by atoms with E-state index in [1.165, 1.54) is 6.20 Å². The molecule has 0 amide bonds. The molecule has 2 aliphatic rings. The van der Waals surface area contributed by atoms with Crippen LogP contribution in [0.3, 0.4) is 0 Å². The number of H-pyrrole nitrogens is 1. The van der Waals surface area contributed by atoms with Gasteiger partial charge in [-0.05, 0) is 56.6 Å². The van der Waals surface area contributed by atoms with Crippen molar-refractivity contribution in [2.75, 3.05) is 13.2 Å². The Kier molecular flexibility index (Phi) is 5.10. The minimum atomic E-state index is -0.333. The first-order valence-corrected chi connectivity index (χ1v) is 11.7. The first-order chi connectivity index (χ1) is 16.2. The van der Waals surface area contributed by atoms with Gasteiger partial charge in [0.25, 0.3) is 0 Å². The fourth-order valence-electron chi connectivity index (χ4n) is 5.07. The zero-order valence-electron chi connectivity index (χ0n) is 18.4. The number of nitrogens with one attached hydrogen (secondary N) is 1. The normalized spacial score (nSPS) is 17.7. The van der Waals surface area contributed by atoms with Crippen molar-refractivity contribution in [1.29, 1.82) is 0 Å². The molecule has 0 radical (unpaired) electrons. The molecular weight excluding hydrogens is 421 g/mol. The number of hydrogen-bond donors (Lipinski definition) is 1. The number of aromatic amines is 1. The maximum Gasteiger partial charge on any atom is 0.334 e. The topological polar surface area (TPSA) is 77.7 Å². The highest BCUT2D eigenvalue weighted by Crippen LogP contribution is 2.29. The van der Waals surface area contributed by atoms with E-state index < -0.39 is 0 Å². The van der Waals surface area contributed by atoms with E-state index in [9.17, 15) is 9.18 Å². The van der Waals surface area contributed by atoms with Crippen molar-refractivity contribution >= 4 is 27.9 Å². The second-order valence-electron chi connectivity index (χ2n) is 9.05. The van der Waals surface area contributed by atoms with Crippen LogP contribution >= 0.6 is 0 Å². The van der Waals surface area contributed by atoms with E-state index in [-0.39, 0.29) is 11.5 Å². The Bertz CT molecular complexity index is 1420. The summed E-state index contributed by atoms with van der Waals surface area (Å²) >= 11 is 0. The minimum absolute atomic E-state index is 0.0282. The molecule has 0 spiro atoms. The maximum atomic E-state index is 14.1. The summed E-state index contributed by atoms with van der Waals surface area (Å²) in [4.78, 5) is 25.6. The summed E-state index contributed by atoms with van der Waals surface area (Å²) in [6.45, 7) is 2.12. The van der Waals surface area contributed by atoms with Gasteiger partial charge in [0.2, 0.25) is 0 Å². The summed E-state index contributed by atoms with van der Waals surface area (Å²) < 4.78 is 23.3. The monoisotopic (exact) mass is 447 g/mol. The van der Waals surface area contributed by atoms with Crippen LogP contribution in [0.5, 0.6) is 0 Å². The van der Waals surface area contributed by atoms with Crippen LogP contribution in [0.4, 0.5) is 4.39 Å². The van der Waals surface area contributed by atoms with Gasteiger partial charge in [0.05, 0.1) is 10.9 Å². The molecule has 170 valence electrons. The number of rotatable bonds is 4. The van der Waals surface area contributed by atoms with Gasteiger partial charge in [0.15, 0.2) is 5.65 Å². The van der Waals surface area contributed by atoms with Crippen molar-refractivity contribution in [3.8, 4) is 11.1 Å². The lowest BCUT2D eigenvalue weighted by molar-refractivity contribution is 0.0613. The van der Waals surface area contributed by atoms with E-state index in [1.807, 2.05) is 10.6 Å². The molecule has 0 aromatic carbocycles. The molecular formula is C25H26FN5O2. The van der Waals surface area contributed by atoms with Gasteiger partial charge < -0.3 is 9.72 Å². The average Bonchev–Trinajstić information content (AvgIpc) is 3.36. The Morgan fingerprint density at radius 1 is 1.12 bits per heavy atom. The number of pyridine rings is 2. The molecule has 6 rings (SSSR count). The third-order valence-electron chi connectivity index (χ3n) is 6.92. The molecule has 5 heterocycles. The lowest BCUT2D eigenvalue weighted by atomic mass is 10.0. The Morgan fingerprint density at radius 3 is 2.76 bits per heavy atom. The van der Waals surface area contributed by atoms with E-state index in [2.05, 4.69) is 16.0 Å². The molecule has 1 aliphatic carbocycles. The predicted octanol–water partition coefficient (Wildman–Crippen LogP) is 4.72. The van der Waals surface area contributed by atoms with Gasteiger partial charge >= 0.3 is 5.69 Å². The van der Waals surface area contributed by atoms with Crippen LogP contribution in [0.15, 0.2) is 41.6 Å². The smallest absolute Gasteiger partial charge is 0.334 e. The molecule has 0 atom stereocenters. The largest absolute Gasteiger partial charge is 0.381 e. The number of halogens is 1. The lowest BCUT2D eigenvalue weighted by Crippen LogP contribution is -2.29. The van der Waals surface area contributed by atoms with E-state index >= 15 is 0 Å². The minimum Gasteiger partial charge on any atom is -0.381 e. The second kappa shape index (κ2) is 8.26. The molecule has 33 heavy (non-hydrogen) atoms. The number of fused-ring (bicyclic) bond motifs is 2. The standard InChI is InChI=1S/C25H26FN5O2/c26-21-14-28-23-20(21)10-17(12-27-23)18-11-22-24(29-13-18)31(19-4-2-1-3-5-19)25(32)30(22)15-16-6-8-33-9-7-16/h4,10-14,16H,1-3,5-9,15H2,(H,27,28). The SMILES string of the molecule is O=c1n(CC2CCOCC2)c2cc(-c3cnc4[nH]cc(F)c4c3)cnc2n1C1=CCCCC1. The third-order valence-corrected chi connectivity index (χ3v) is 6.92. The number of nitrogens with zero attached hydrogens (tertiary/aromatic N) is 4. The number of aromatic nitrogens is 5. The highest BCUT2D eigenvalue weighted by molar-refractivity contribution is 5.85. The third kappa shape index (κ3) is 3.58. The van der Waals surface area contributed by atoms with E-state index in [1.54, 1.807) is 23.0 Å². The lowest BCUT2D eigenvalue weighted by Gasteiger charge is -2.22. The van der Waals surface area contributed by atoms with Crippen molar-refractivity contribution < 1.29 is 9.13 Å². The zero-order valence-corrected chi connectivity index (χ0v) is 18.4. The maximum absolute atomic E-state index is 14.1. The molecule has 4 aromatic rings. The van der Waals surface area contributed by atoms with Crippen LogP contribution in [-0.2, 0) is 11.3 Å². The Balaban J connectivity index is 1.50. The summed E-state index contributed by atoms with van der Waals surface area (Å²) in [6, 6.07) is 3.77. The van der Waals surface area contributed by atoms with Gasteiger partial charge in [-0.3, -0.25) is 4.57 Å². The quantitative estimate of drug-likeness (QED) is 0.491. The highest BCUT2D eigenvalue weighted by atomic mass is 19.1. The van der Waals surface area contributed by atoms with Gasteiger partial charge in [-0.25, -0.2) is 23.7 Å². The van der Waals surface area contributed by atoms with Crippen LogP contribution in [0.25, 0.3) is 39.0 Å². The van der Waals surface area contributed by atoms with Crippen LogP contribution in [0.2, 0.25) is 0 Å². The summed E-state index contributed by atoms with van der Waals surface area (Å²) in [5.74, 6) is 0.0617. The van der Waals surface area contributed by atoms with Crippen LogP contribution in [0, 0.1) is 11.7 Å². The van der Waals surface area contributed by atoms with E-state index in [0.717, 1.165) is 74.1 Å². The van der Waals surface area contributed by atoms with Crippen molar-refractivity contribution in [3.05, 3.63) is 53.1 Å². The fraction of sp³-hybridized carbons (Fsp3) is 0.400. The summed E-state index contributed by atoms with van der Waals surface area (Å²) in [7, 11) is 0. The molecule has 8 heteroatoms. The zero-order chi connectivity index (χ0) is 22.4. The summed E-state index contributed by atoms with van der Waals surface area (Å²) in [6.07, 6.45) is 12.9. The summed E-state index contributed by atoms with van der Waals surface area (Å²) in [5.41, 5.74) is 4.60. The van der Waals surface area contributed by atoms with Crippen molar-refractivity contribution in [1.82, 2.24) is 24.1 Å². The molecule has 0 saturated carbocycles. The first-order valence-electron chi connectivity index (χ1n) is 11.7. The number of hydrogen-bond acceptors (Lipinski definition) is 4. The second-order valence-corrected chi connectivity index (χ2v) is 9.05. The number of ether oxygens (including phenoxy) is 1. The Hall–Kier alpha value is -3.26. The van der Waals surface area contributed by atoms with E-state index in [4.69, 9.17) is 9.72 Å². The molecule has 7 nitrogen and oxygen atoms in total. The number of imidazole rings is 1. The molecule has 1 aliphatic heterocycles. The first kappa shape index (κ1) is 20.4. The Morgan fingerprint density at radius 2 is 1.94 bits per heavy atom. The molecule has 1 saturated heterocycles. The Labute approximate surface area is 189 Å². The van der Waals surface area contributed by atoms with Gasteiger partial charge in [0.1, 0.15) is 11.5 Å². The average molecular weight is 448 g/mol. The van der Waals surface area contributed by atoms with Crippen LogP contribution in [-0.4, -0.2) is 37.3 Å². The summed E-state index contributed by atoms with van der Waals surface area (Å²) in [5, 5.41) is 0.442. The molecule has 4 aromatic heterocycles. The fourth-order valence-corrected chi connectivity index (χ4v) is 5.07. The van der Waals surface area contributed by atoms with Gasteiger partial charge in [-0.1, -0.05) is 6.08 Å². The van der Waals surface area contributed by atoms with Crippen molar-refractivity contribution in [3.63, 3.8) is 0 Å². The number of allylic oxidation sites excluding steroid dienone is 2. The van der Waals surface area contributed by atoms with Crippen LogP contribution < -0.4 is 5.69 Å². The van der Waals surface area contributed by atoms with Gasteiger partial charge in [-0.15, -0.1) is 0 Å². The van der Waals surface area contributed by atoms with Crippen molar-refractivity contribution in [2.45, 2.75) is 45.1 Å². The predicted molar refractivity (Wildman–Crippen MR) is 125 cm³/mol. The van der Waals surface area contributed by atoms with E-state index in [0.29, 0.717) is 29.1 Å². The molecule has 0 unspecified atom stereocenters. The molecule has 0 bridgehead atoms. The highest BCUT2D eigenvalue weighted by Gasteiger charge is 2.23. The molecule has 1 N–H and O–H groups in total. The van der Waals surface area contributed by atoms with Crippen molar-refractivity contribution in [2.24, 2.45) is 5.92 Å². The molecule has 1 fully saturated rings. The van der Waals surface area contributed by atoms with Crippen LogP contribution in [0.1, 0.15) is 38.5 Å².